The molecule has 0 radical (unpaired) electrons. The number of hydrogen-bond acceptors (Lipinski definition) is 4. The van der Waals surface area contributed by atoms with Crippen molar-refractivity contribution in [2.24, 2.45) is 0 Å². The molecular weight excluding hydrogens is 267 g/mol. The summed E-state index contributed by atoms with van der Waals surface area (Å²) < 4.78 is 11.9. The lowest BCUT2D eigenvalue weighted by molar-refractivity contribution is 0.00578. The van der Waals surface area contributed by atoms with Crippen LogP contribution in [0.4, 0.5) is 0 Å². The van der Waals surface area contributed by atoms with E-state index in [0.717, 1.165) is 11.1 Å². The van der Waals surface area contributed by atoms with E-state index in [4.69, 9.17) is 9.31 Å². The van der Waals surface area contributed by atoms with Gasteiger partial charge in [0.1, 0.15) is 5.75 Å². The number of aliphatic hydroxyl groups excluding tert-OH is 1. The molecule has 5 heteroatoms. The van der Waals surface area contributed by atoms with Crippen LogP contribution in [-0.2, 0) is 9.31 Å². The van der Waals surface area contributed by atoms with Crippen molar-refractivity contribution in [3.63, 3.8) is 0 Å². The predicted molar refractivity (Wildman–Crippen MR) is 84.0 cm³/mol. The first kappa shape index (κ1) is 16.1. The van der Waals surface area contributed by atoms with Gasteiger partial charge < -0.3 is 19.5 Å². The van der Waals surface area contributed by atoms with Crippen LogP contribution in [0.5, 0.6) is 5.75 Å². The third-order valence-electron chi connectivity index (χ3n) is 4.34. The Labute approximate surface area is 126 Å². The van der Waals surface area contributed by atoms with Crippen molar-refractivity contribution in [2.45, 2.75) is 45.8 Å². The van der Waals surface area contributed by atoms with Gasteiger partial charge in [-0.15, -0.1) is 0 Å². The van der Waals surface area contributed by atoms with Gasteiger partial charge in [0.2, 0.25) is 0 Å². The number of phenolic OH excluding ortho intramolecular Hbond substituents is 1. The zero-order valence-corrected chi connectivity index (χ0v) is 13.3. The highest BCUT2D eigenvalue weighted by Crippen LogP contribution is 2.38. The Hall–Kier alpha value is -1.30. The quantitative estimate of drug-likeness (QED) is 0.840. The van der Waals surface area contributed by atoms with E-state index < -0.39 is 18.3 Å². The van der Waals surface area contributed by atoms with Crippen molar-refractivity contribution in [3.05, 3.63) is 34.8 Å². The number of aryl methyl sites for hydroxylation is 1. The Bertz CT molecular complexity index is 547. The average molecular weight is 290 g/mol. The summed E-state index contributed by atoms with van der Waals surface area (Å²) in [6.45, 7) is 9.68. The van der Waals surface area contributed by atoms with E-state index in [9.17, 15) is 10.2 Å². The summed E-state index contributed by atoms with van der Waals surface area (Å²) in [5.41, 5.74) is 1.60. The zero-order valence-electron chi connectivity index (χ0n) is 13.3. The predicted octanol–water partition coefficient (Wildman–Crippen LogP) is 2.71. The molecule has 0 atom stereocenters. The van der Waals surface area contributed by atoms with Gasteiger partial charge in [-0.3, -0.25) is 0 Å². The molecule has 0 saturated carbocycles. The third kappa shape index (κ3) is 3.15. The van der Waals surface area contributed by atoms with Crippen molar-refractivity contribution in [1.82, 2.24) is 0 Å². The fourth-order valence-corrected chi connectivity index (χ4v) is 2.17. The number of benzene rings is 1. The van der Waals surface area contributed by atoms with E-state index in [1.807, 2.05) is 46.8 Å². The Kier molecular flexibility index (Phi) is 4.20. The first-order valence-electron chi connectivity index (χ1n) is 7.13. The van der Waals surface area contributed by atoms with E-state index in [2.05, 4.69) is 0 Å². The SMILES string of the molecule is Cc1ccc(O)cc1C=C(CO)B1OC(C)(C)C(C)(C)O1. The lowest BCUT2D eigenvalue weighted by atomic mass is 9.77. The summed E-state index contributed by atoms with van der Waals surface area (Å²) in [7, 11) is -0.582. The van der Waals surface area contributed by atoms with Crippen molar-refractivity contribution in [2.75, 3.05) is 6.61 Å². The monoisotopic (exact) mass is 290 g/mol. The standard InChI is InChI=1S/C16H23BO4/c1-11-6-7-14(19)9-12(11)8-13(10-18)17-20-15(2,3)16(4,5)21-17/h6-9,18-19H,10H2,1-5H3. The number of hydrogen-bond donors (Lipinski definition) is 2. The molecule has 4 nitrogen and oxygen atoms in total. The molecule has 2 rings (SSSR count). The Morgan fingerprint density at radius 3 is 2.29 bits per heavy atom. The minimum Gasteiger partial charge on any atom is -0.508 e. The van der Waals surface area contributed by atoms with Gasteiger partial charge in [-0.2, -0.15) is 0 Å². The molecule has 1 aromatic rings. The average Bonchev–Trinajstić information content (AvgIpc) is 2.59. The second kappa shape index (κ2) is 5.48. The number of aromatic hydroxyl groups is 1. The van der Waals surface area contributed by atoms with Gasteiger partial charge in [0.25, 0.3) is 0 Å². The molecule has 0 bridgehead atoms. The largest absolute Gasteiger partial charge is 0.508 e. The van der Waals surface area contributed by atoms with Crippen molar-refractivity contribution in [1.29, 1.82) is 0 Å². The molecule has 114 valence electrons. The highest BCUT2D eigenvalue weighted by atomic mass is 16.7. The number of rotatable bonds is 3. The highest BCUT2D eigenvalue weighted by Gasteiger charge is 2.52. The molecule has 1 saturated heterocycles. The van der Waals surface area contributed by atoms with Crippen LogP contribution in [0, 0.1) is 6.92 Å². The first-order chi connectivity index (χ1) is 9.66. The molecule has 21 heavy (non-hydrogen) atoms. The van der Waals surface area contributed by atoms with Gasteiger partial charge in [0.15, 0.2) is 0 Å². The van der Waals surface area contributed by atoms with Crippen molar-refractivity contribution >= 4 is 13.2 Å². The van der Waals surface area contributed by atoms with Crippen molar-refractivity contribution < 1.29 is 19.5 Å². The molecule has 0 unspecified atom stereocenters. The zero-order chi connectivity index (χ0) is 15.8. The van der Waals surface area contributed by atoms with E-state index >= 15 is 0 Å². The molecule has 1 aliphatic rings. The van der Waals surface area contributed by atoms with Crippen LogP contribution in [0.15, 0.2) is 23.7 Å². The number of aliphatic hydroxyl groups is 1. The molecule has 2 N–H and O–H groups in total. The fourth-order valence-electron chi connectivity index (χ4n) is 2.17. The molecule has 0 aromatic heterocycles. The van der Waals surface area contributed by atoms with Gasteiger partial charge >= 0.3 is 7.12 Å². The van der Waals surface area contributed by atoms with E-state index in [1.165, 1.54) is 0 Å². The minimum absolute atomic E-state index is 0.161. The lowest BCUT2D eigenvalue weighted by Crippen LogP contribution is -2.41. The van der Waals surface area contributed by atoms with Crippen LogP contribution < -0.4 is 0 Å². The summed E-state index contributed by atoms with van der Waals surface area (Å²) in [6, 6.07) is 5.14. The lowest BCUT2D eigenvalue weighted by Gasteiger charge is -2.32. The topological polar surface area (TPSA) is 58.9 Å². The molecule has 1 fully saturated rings. The fraction of sp³-hybridized carbons (Fsp3) is 0.500. The van der Waals surface area contributed by atoms with Crippen LogP contribution in [0.2, 0.25) is 0 Å². The second-order valence-electron chi connectivity index (χ2n) is 6.51. The molecule has 0 aliphatic carbocycles. The first-order valence-corrected chi connectivity index (χ1v) is 7.13. The maximum absolute atomic E-state index is 9.66. The Morgan fingerprint density at radius 1 is 1.19 bits per heavy atom. The minimum atomic E-state index is -0.582. The molecule has 1 aromatic carbocycles. The highest BCUT2D eigenvalue weighted by molar-refractivity contribution is 6.55. The summed E-state index contributed by atoms with van der Waals surface area (Å²) >= 11 is 0. The molecule has 1 heterocycles. The van der Waals surface area contributed by atoms with E-state index in [-0.39, 0.29) is 12.4 Å². The molecule has 0 amide bonds. The summed E-state index contributed by atoms with van der Waals surface area (Å²) in [6.07, 6.45) is 1.82. The third-order valence-corrected chi connectivity index (χ3v) is 4.34. The molecule has 1 aliphatic heterocycles. The smallest absolute Gasteiger partial charge is 0.492 e. The van der Waals surface area contributed by atoms with Gasteiger partial charge in [-0.1, -0.05) is 12.1 Å². The van der Waals surface area contributed by atoms with Crippen molar-refractivity contribution in [3.8, 4) is 5.75 Å². The van der Waals surface area contributed by atoms with Crippen LogP contribution in [0.1, 0.15) is 38.8 Å². The Morgan fingerprint density at radius 2 is 1.76 bits per heavy atom. The van der Waals surface area contributed by atoms with Crippen LogP contribution in [-0.4, -0.2) is 35.1 Å². The summed E-state index contributed by atoms with van der Waals surface area (Å²) in [4.78, 5) is 0. The molecular formula is C16H23BO4. The van der Waals surface area contributed by atoms with Gasteiger partial charge in [0, 0.05) is 0 Å². The van der Waals surface area contributed by atoms with E-state index in [0.29, 0.717) is 5.47 Å². The van der Waals surface area contributed by atoms with Crippen LogP contribution in [0.3, 0.4) is 0 Å². The van der Waals surface area contributed by atoms with Crippen LogP contribution >= 0.6 is 0 Å². The normalized spacial score (nSPS) is 20.9. The summed E-state index contributed by atoms with van der Waals surface area (Å²) in [5.74, 6) is 0.193. The second-order valence-corrected chi connectivity index (χ2v) is 6.51. The van der Waals surface area contributed by atoms with Crippen LogP contribution in [0.25, 0.3) is 6.08 Å². The van der Waals surface area contributed by atoms with E-state index in [1.54, 1.807) is 12.1 Å². The summed E-state index contributed by atoms with van der Waals surface area (Å²) in [5, 5.41) is 19.3. The Balaban J connectivity index is 2.33. The maximum Gasteiger partial charge on any atom is 0.492 e. The maximum atomic E-state index is 9.66. The van der Waals surface area contributed by atoms with Gasteiger partial charge in [0.05, 0.1) is 17.8 Å². The van der Waals surface area contributed by atoms with Gasteiger partial charge in [-0.05, 0) is 63.4 Å². The number of phenols is 1. The molecule has 0 spiro atoms. The van der Waals surface area contributed by atoms with Gasteiger partial charge in [-0.25, -0.2) is 0 Å².